The average molecular weight is 901 g/mol. The summed E-state index contributed by atoms with van der Waals surface area (Å²) in [6, 6.07) is 0. The number of aliphatic hydroxyl groups is 1. The molecule has 0 aromatic rings. The molecule has 19 heteroatoms. The van der Waals surface area contributed by atoms with Crippen LogP contribution in [0.3, 0.4) is 0 Å². The third-order valence-corrected chi connectivity index (χ3v) is 1.72. The van der Waals surface area contributed by atoms with Crippen LogP contribution in [0.5, 0.6) is 0 Å². The molecule has 0 spiro atoms. The van der Waals surface area contributed by atoms with Crippen molar-refractivity contribution < 1.29 is 77.2 Å². The monoisotopic (exact) mass is 901 g/mol. The van der Waals surface area contributed by atoms with Gasteiger partial charge in [-0.15, -0.1) is 0 Å². The van der Waals surface area contributed by atoms with Gasteiger partial charge in [0.2, 0.25) is 0 Å². The van der Waals surface area contributed by atoms with E-state index in [-0.39, 0.29) is 11.9 Å². The van der Waals surface area contributed by atoms with Gasteiger partial charge in [0.25, 0.3) is 5.97 Å². The number of aldehydes is 1. The van der Waals surface area contributed by atoms with E-state index in [4.69, 9.17) is 39.9 Å². The first-order valence-electron chi connectivity index (χ1n) is 19.7. The largest absolute Gasteiger partial charge is 0.491 e. The van der Waals surface area contributed by atoms with Gasteiger partial charge in [0.05, 0.1) is 21.3 Å². The molecule has 0 rings (SSSR count). The van der Waals surface area contributed by atoms with Gasteiger partial charge in [-0.3, -0.25) is 14.4 Å². The molecule has 0 aliphatic carbocycles. The van der Waals surface area contributed by atoms with Crippen LogP contribution in [0.1, 0.15) is 173 Å². The summed E-state index contributed by atoms with van der Waals surface area (Å²) in [6.07, 6.45) is 3.04. The Morgan fingerprint density at radius 1 is 0.593 bits per heavy atom. The molecule has 0 fully saturated rings. The fourth-order valence-electron chi connectivity index (χ4n) is 0. The minimum Gasteiger partial charge on any atom is -0.491 e. The molecule has 0 atom stereocenters. The molecule has 0 heterocycles. The van der Waals surface area contributed by atoms with E-state index in [1.807, 2.05) is 123 Å². The number of alkyl halides is 2. The van der Waals surface area contributed by atoms with Crippen molar-refractivity contribution >= 4 is 55.7 Å². The van der Waals surface area contributed by atoms with Gasteiger partial charge in [0, 0.05) is 48.8 Å². The second-order valence-electron chi connectivity index (χ2n) is 6.49. The van der Waals surface area contributed by atoms with Crippen molar-refractivity contribution in [3.8, 4) is 0 Å². The lowest BCUT2D eigenvalue weighted by atomic mass is 9.99. The lowest BCUT2D eigenvalue weighted by molar-refractivity contribution is -0.205. The highest BCUT2D eigenvalue weighted by atomic mass is 32.1. The number of rotatable bonds is 1. The maximum atomic E-state index is 11.2. The zero-order valence-corrected chi connectivity index (χ0v) is 45.0. The van der Waals surface area contributed by atoms with Gasteiger partial charge >= 0.3 is 32.3 Å². The number of methoxy groups -OCH3 is 4. The molecule has 374 valence electrons. The van der Waals surface area contributed by atoms with Crippen LogP contribution < -0.4 is 0 Å². The number of ether oxygens (including phenoxy) is 4. The highest BCUT2D eigenvalue weighted by Gasteiger charge is 2.17. The fourth-order valence-corrected chi connectivity index (χ4v) is 0. The number of carbonyl (C=O) groups excluding carboxylic acids is 3. The van der Waals surface area contributed by atoms with Crippen LogP contribution in [-0.4, -0.2) is 115 Å². The average Bonchev–Trinajstić information content (AvgIpc) is 3.21. The van der Waals surface area contributed by atoms with Gasteiger partial charge in [-0.2, -0.15) is 8.78 Å². The maximum Gasteiger partial charge on any atom is 0.448 e. The normalized spacial score (nSPS) is 6.27. The minimum atomic E-state index is -2.96. The second kappa shape index (κ2) is 190. The third kappa shape index (κ3) is 2850. The Morgan fingerprint density at radius 3 is 0.661 bits per heavy atom. The van der Waals surface area contributed by atoms with Crippen molar-refractivity contribution in [1.29, 1.82) is 0 Å². The second-order valence-corrected chi connectivity index (χ2v) is 7.07. The summed E-state index contributed by atoms with van der Waals surface area (Å²) in [5.74, 6) is -1.32. The van der Waals surface area contributed by atoms with Gasteiger partial charge in [0.15, 0.2) is 5.05 Å². The molecule has 6 N–H and O–H groups in total. The molecule has 0 aliphatic heterocycles. The fraction of sp³-hybridized carbons (Fsp3) is 0.825. The van der Waals surface area contributed by atoms with Gasteiger partial charge < -0.3 is 54.1 Å². The summed E-state index contributed by atoms with van der Waals surface area (Å²) in [5, 5.41) is 45.4. The van der Waals surface area contributed by atoms with Crippen LogP contribution in [0, 0.1) is 0 Å². The summed E-state index contributed by atoms with van der Waals surface area (Å²) in [4.78, 5) is 37.0. The zero-order valence-electron chi connectivity index (χ0n) is 44.2. The number of halogens is 2. The molecule has 0 aromatic heterocycles. The van der Waals surface area contributed by atoms with Crippen molar-refractivity contribution in [2.45, 2.75) is 192 Å². The third-order valence-electron chi connectivity index (χ3n) is 1.55. The molecular formula is C40H104B2F2O14S. The summed E-state index contributed by atoms with van der Waals surface area (Å²) in [6.45, 7) is 46.5. The molecule has 0 bridgehead atoms. The molecular weight excluding hydrogens is 796 g/mol. The Labute approximate surface area is 372 Å². The predicted molar refractivity (Wildman–Crippen MR) is 259 cm³/mol. The summed E-state index contributed by atoms with van der Waals surface area (Å²) < 4.78 is 38.8. The lowest BCUT2D eigenvalue weighted by Crippen LogP contribution is -2.10. The van der Waals surface area contributed by atoms with E-state index >= 15 is 0 Å². The van der Waals surface area contributed by atoms with Gasteiger partial charge in [-0.05, 0) is 46.6 Å². The summed E-state index contributed by atoms with van der Waals surface area (Å²) in [5.41, 5.74) is 0. The number of aliphatic carboxylic acids is 1. The first-order chi connectivity index (χ1) is 27.3. The van der Waals surface area contributed by atoms with Crippen molar-refractivity contribution in [2.75, 3.05) is 35.5 Å². The number of esters is 2. The van der Waals surface area contributed by atoms with Crippen molar-refractivity contribution in [3.05, 3.63) is 12.2 Å². The standard InChI is InChI=1S/C4H8.C3H6F2O.2C3H6O2.C3H6OS.C3H8.C2H4O2.C2H4O.7C2H6.2CH5BO2.CH4O/c1-3-4-2;1-3(4,5)6-2;2*1-3(4)5-2;1-3(5)4-2;1-3-2;1-2(3)4;1-2-3;7*1-2;2*1-2(3)4;1-2/h3-4H,1-2H3;1-2H3;3*1-2H3;3H2,1-2H3;1H3,(H,3,4);2H,1H3;7*1-2H3;2*3-4H,1H3;2H,1H3. The molecule has 14 nitrogen and oxygen atoms in total. The van der Waals surface area contributed by atoms with Crippen LogP contribution in [0.25, 0.3) is 0 Å². The molecule has 0 unspecified atom stereocenters. The van der Waals surface area contributed by atoms with Crippen LogP contribution in [0.4, 0.5) is 8.78 Å². The Balaban J connectivity index is -0.0000000191. The number of carboxylic acids is 1. The highest BCUT2D eigenvalue weighted by molar-refractivity contribution is 7.80. The minimum absolute atomic E-state index is 0.245. The maximum absolute atomic E-state index is 11.2. The van der Waals surface area contributed by atoms with E-state index in [0.717, 1.165) is 27.4 Å². The van der Waals surface area contributed by atoms with Gasteiger partial charge in [0.1, 0.15) is 6.29 Å². The van der Waals surface area contributed by atoms with Crippen LogP contribution in [0.2, 0.25) is 13.6 Å². The molecule has 0 saturated carbocycles. The molecule has 0 saturated heterocycles. The first kappa shape index (κ1) is 117. The number of thiocarbonyl (C=S) groups is 1. The van der Waals surface area contributed by atoms with E-state index in [9.17, 15) is 18.4 Å². The number of aliphatic hydroxyl groups excluding tert-OH is 1. The van der Waals surface area contributed by atoms with Crippen LogP contribution in [-0.2, 0) is 38.1 Å². The van der Waals surface area contributed by atoms with Crippen molar-refractivity contribution in [1.82, 2.24) is 0 Å². The number of hydrogen-bond donors (Lipinski definition) is 6. The SMILES string of the molecule is CB(O)O.CB(O)O.CC.CC.CC.CC.CC.CC.CC.CC(=O)O.CC=CC.CC=O.CCC.CO.COC(C)(F)F.COC(C)=O.COC(C)=O.COC(C)=S. The van der Waals surface area contributed by atoms with E-state index in [0.29, 0.717) is 12.0 Å². The number of carbonyl (C=O) groups is 4. The molecule has 0 aliphatic rings. The van der Waals surface area contributed by atoms with E-state index in [1.54, 1.807) is 14.0 Å². The Bertz CT molecular complexity index is 539. The number of allylic oxidation sites excluding steroid dienone is 2. The topological polar surface area (TPSA) is 227 Å². The molecule has 59 heavy (non-hydrogen) atoms. The van der Waals surface area contributed by atoms with Crippen molar-refractivity contribution in [3.63, 3.8) is 0 Å². The Hall–Kier alpha value is -2.54. The first-order valence-corrected chi connectivity index (χ1v) is 20.1. The Morgan fingerprint density at radius 2 is 0.661 bits per heavy atom. The van der Waals surface area contributed by atoms with Gasteiger partial charge in [-0.1, -0.05) is 129 Å². The molecule has 0 amide bonds. The summed E-state index contributed by atoms with van der Waals surface area (Å²) in [7, 11) is 3.88. The number of carboxylic acid groups (broad SMARTS) is 1. The van der Waals surface area contributed by atoms with E-state index in [1.165, 1.54) is 55.1 Å². The Kier molecular flexibility index (Phi) is 377. The zero-order chi connectivity index (χ0) is 53.6. The molecule has 0 aromatic carbocycles. The van der Waals surface area contributed by atoms with Crippen LogP contribution >= 0.6 is 12.2 Å². The summed E-state index contributed by atoms with van der Waals surface area (Å²) >= 11 is 4.47. The lowest BCUT2D eigenvalue weighted by Gasteiger charge is -2.03. The predicted octanol–water partition coefficient (Wildman–Crippen LogP) is 10.8. The van der Waals surface area contributed by atoms with Crippen LogP contribution in [0.15, 0.2) is 12.2 Å². The highest BCUT2D eigenvalue weighted by Crippen LogP contribution is 2.09. The van der Waals surface area contributed by atoms with E-state index < -0.39 is 26.3 Å². The van der Waals surface area contributed by atoms with Crippen molar-refractivity contribution in [2.24, 2.45) is 0 Å². The number of hydrogen-bond acceptors (Lipinski definition) is 14. The molecule has 0 radical (unpaired) electrons. The quantitative estimate of drug-likeness (QED) is 0.0473. The van der Waals surface area contributed by atoms with E-state index in [2.05, 4.69) is 45.0 Å². The van der Waals surface area contributed by atoms with Gasteiger partial charge in [-0.25, -0.2) is 0 Å². The smallest absolute Gasteiger partial charge is 0.448 e.